The van der Waals surface area contributed by atoms with Crippen LogP contribution in [0.2, 0.25) is 0 Å². The normalized spacial score (nSPS) is 18.6. The van der Waals surface area contributed by atoms with Gasteiger partial charge in [0.1, 0.15) is 5.75 Å². The number of nitrogens with zero attached hydrogens (tertiary/aromatic N) is 2. The van der Waals surface area contributed by atoms with Crippen molar-refractivity contribution in [3.8, 4) is 5.75 Å². The highest BCUT2D eigenvalue weighted by atomic mass is 16.5. The first kappa shape index (κ1) is 19.5. The van der Waals surface area contributed by atoms with E-state index in [1.807, 2.05) is 30.3 Å². The van der Waals surface area contributed by atoms with Gasteiger partial charge in [0.25, 0.3) is 0 Å². The predicted molar refractivity (Wildman–Crippen MR) is 113 cm³/mol. The number of nitrogens with one attached hydrogen (secondary N) is 1. The van der Waals surface area contributed by atoms with E-state index >= 15 is 0 Å². The molecule has 0 spiro atoms. The highest BCUT2D eigenvalue weighted by molar-refractivity contribution is 5.96. The lowest BCUT2D eigenvalue weighted by Gasteiger charge is -2.24. The van der Waals surface area contributed by atoms with Gasteiger partial charge in [-0.1, -0.05) is 12.1 Å². The highest BCUT2D eigenvalue weighted by Gasteiger charge is 2.28. The lowest BCUT2D eigenvalue weighted by molar-refractivity contribution is -0.118. The number of methoxy groups -OCH3 is 1. The number of likely N-dealkylation sites (tertiary alicyclic amines) is 1. The number of fused-ring (bicyclic) bond motifs is 1. The summed E-state index contributed by atoms with van der Waals surface area (Å²) in [6.45, 7) is 3.58. The summed E-state index contributed by atoms with van der Waals surface area (Å²) in [6, 6.07) is 14.2. The van der Waals surface area contributed by atoms with Gasteiger partial charge in [0.05, 0.1) is 13.7 Å². The number of amides is 2. The summed E-state index contributed by atoms with van der Waals surface area (Å²) < 4.78 is 5.24. The third-order valence-electron chi connectivity index (χ3n) is 5.85. The van der Waals surface area contributed by atoms with Crippen LogP contribution in [-0.2, 0) is 16.0 Å². The number of rotatable bonds is 5. The molecular formula is C23H27N3O3. The van der Waals surface area contributed by atoms with Crippen LogP contribution in [0.1, 0.15) is 36.9 Å². The van der Waals surface area contributed by atoms with Crippen molar-refractivity contribution < 1.29 is 14.3 Å². The fraction of sp³-hybridized carbons (Fsp3) is 0.391. The first-order valence-corrected chi connectivity index (χ1v) is 10.1. The standard InChI is InChI=1S/C23H27N3O3/c1-16(27)26-13-11-18-14-19(7-10-22(18)26)24-23(28)15-25-12-3-4-21(25)17-5-8-20(29-2)9-6-17/h5-10,14,21H,3-4,11-13,15H2,1-2H3,(H,24,28). The van der Waals surface area contributed by atoms with E-state index in [1.54, 1.807) is 18.9 Å². The Kier molecular flexibility index (Phi) is 5.53. The number of benzene rings is 2. The molecule has 2 aromatic rings. The van der Waals surface area contributed by atoms with E-state index < -0.39 is 0 Å². The predicted octanol–water partition coefficient (Wildman–Crippen LogP) is 3.38. The summed E-state index contributed by atoms with van der Waals surface area (Å²) in [6.07, 6.45) is 2.97. The average molecular weight is 393 g/mol. The molecule has 1 atom stereocenters. The number of carbonyl (C=O) groups excluding carboxylic acids is 2. The van der Waals surface area contributed by atoms with E-state index in [0.29, 0.717) is 13.1 Å². The maximum atomic E-state index is 12.7. The first-order chi connectivity index (χ1) is 14.0. The lowest BCUT2D eigenvalue weighted by Crippen LogP contribution is -2.33. The quantitative estimate of drug-likeness (QED) is 0.846. The van der Waals surface area contributed by atoms with Gasteiger partial charge in [0, 0.05) is 30.9 Å². The van der Waals surface area contributed by atoms with Crippen molar-refractivity contribution in [3.05, 3.63) is 53.6 Å². The second-order valence-electron chi connectivity index (χ2n) is 7.71. The van der Waals surface area contributed by atoms with Crippen molar-refractivity contribution in [2.75, 3.05) is 37.0 Å². The minimum absolute atomic E-state index is 0.00761. The van der Waals surface area contributed by atoms with Crippen LogP contribution in [0, 0.1) is 0 Å². The number of hydrogen-bond acceptors (Lipinski definition) is 4. The molecule has 1 fully saturated rings. The molecule has 0 aliphatic carbocycles. The molecule has 4 rings (SSSR count). The van der Waals surface area contributed by atoms with Gasteiger partial charge >= 0.3 is 0 Å². The van der Waals surface area contributed by atoms with Gasteiger partial charge in [-0.25, -0.2) is 0 Å². The Morgan fingerprint density at radius 3 is 2.66 bits per heavy atom. The van der Waals surface area contributed by atoms with E-state index in [9.17, 15) is 9.59 Å². The van der Waals surface area contributed by atoms with Gasteiger partial charge in [-0.15, -0.1) is 0 Å². The summed E-state index contributed by atoms with van der Waals surface area (Å²) in [7, 11) is 1.66. The van der Waals surface area contributed by atoms with Crippen LogP contribution >= 0.6 is 0 Å². The Labute approximate surface area is 171 Å². The molecular weight excluding hydrogens is 366 g/mol. The van der Waals surface area contributed by atoms with Crippen LogP contribution in [0.5, 0.6) is 5.75 Å². The minimum atomic E-state index is -0.00761. The second kappa shape index (κ2) is 8.25. The highest BCUT2D eigenvalue weighted by Crippen LogP contribution is 2.33. The first-order valence-electron chi connectivity index (χ1n) is 10.1. The molecule has 1 N–H and O–H groups in total. The Balaban J connectivity index is 1.39. The van der Waals surface area contributed by atoms with E-state index in [2.05, 4.69) is 22.3 Å². The van der Waals surface area contributed by atoms with Crippen molar-refractivity contribution in [1.82, 2.24) is 4.90 Å². The summed E-state index contributed by atoms with van der Waals surface area (Å²) >= 11 is 0. The number of anilines is 2. The van der Waals surface area contributed by atoms with Crippen molar-refractivity contribution in [1.29, 1.82) is 0 Å². The number of ether oxygens (including phenoxy) is 1. The molecule has 6 heteroatoms. The molecule has 0 bridgehead atoms. The van der Waals surface area contributed by atoms with Crippen molar-refractivity contribution in [3.63, 3.8) is 0 Å². The molecule has 29 heavy (non-hydrogen) atoms. The zero-order chi connectivity index (χ0) is 20.4. The monoisotopic (exact) mass is 393 g/mol. The van der Waals surface area contributed by atoms with E-state index in [-0.39, 0.29) is 17.9 Å². The molecule has 6 nitrogen and oxygen atoms in total. The smallest absolute Gasteiger partial charge is 0.238 e. The second-order valence-corrected chi connectivity index (χ2v) is 7.71. The minimum Gasteiger partial charge on any atom is -0.497 e. The Bertz CT molecular complexity index is 910. The zero-order valence-corrected chi connectivity index (χ0v) is 17.0. The maximum absolute atomic E-state index is 12.7. The molecule has 2 amide bonds. The van der Waals surface area contributed by atoms with Gasteiger partial charge in [-0.2, -0.15) is 0 Å². The molecule has 0 aromatic heterocycles. The van der Waals surface area contributed by atoms with Gasteiger partial charge in [-0.3, -0.25) is 14.5 Å². The van der Waals surface area contributed by atoms with Gasteiger partial charge in [0.15, 0.2) is 0 Å². The molecule has 2 aromatic carbocycles. The van der Waals surface area contributed by atoms with E-state index in [4.69, 9.17) is 4.74 Å². The third kappa shape index (κ3) is 4.12. The SMILES string of the molecule is COc1ccc(C2CCCN2CC(=O)Nc2ccc3c(c2)CCN3C(C)=O)cc1. The molecule has 2 aliphatic rings. The van der Waals surface area contributed by atoms with Crippen LogP contribution in [0.25, 0.3) is 0 Å². The van der Waals surface area contributed by atoms with Crippen LogP contribution in [0.15, 0.2) is 42.5 Å². The average Bonchev–Trinajstić information content (AvgIpc) is 3.34. The third-order valence-corrected chi connectivity index (χ3v) is 5.85. The molecule has 2 aliphatic heterocycles. The Morgan fingerprint density at radius 1 is 1.14 bits per heavy atom. The van der Waals surface area contributed by atoms with Crippen LogP contribution < -0.4 is 15.0 Å². The number of hydrogen-bond donors (Lipinski definition) is 1. The maximum Gasteiger partial charge on any atom is 0.238 e. The number of carbonyl (C=O) groups is 2. The molecule has 0 saturated carbocycles. The van der Waals surface area contributed by atoms with E-state index in [0.717, 1.165) is 48.5 Å². The van der Waals surface area contributed by atoms with Crippen molar-refractivity contribution in [2.45, 2.75) is 32.2 Å². The fourth-order valence-corrected chi connectivity index (χ4v) is 4.41. The molecule has 2 heterocycles. The molecule has 0 radical (unpaired) electrons. The topological polar surface area (TPSA) is 61.9 Å². The fourth-order valence-electron chi connectivity index (χ4n) is 4.41. The molecule has 1 saturated heterocycles. The summed E-state index contributed by atoms with van der Waals surface area (Å²) in [4.78, 5) is 28.4. The Hall–Kier alpha value is -2.86. The largest absolute Gasteiger partial charge is 0.497 e. The van der Waals surface area contributed by atoms with Crippen molar-refractivity contribution >= 4 is 23.2 Å². The summed E-state index contributed by atoms with van der Waals surface area (Å²) in [5, 5.41) is 3.03. The molecule has 152 valence electrons. The lowest BCUT2D eigenvalue weighted by atomic mass is 10.0. The Morgan fingerprint density at radius 2 is 1.93 bits per heavy atom. The van der Waals surface area contributed by atoms with Gasteiger partial charge < -0.3 is 15.0 Å². The summed E-state index contributed by atoms with van der Waals surface area (Å²) in [5.41, 5.74) is 4.07. The van der Waals surface area contributed by atoms with E-state index in [1.165, 1.54) is 5.56 Å². The van der Waals surface area contributed by atoms with Crippen LogP contribution in [-0.4, -0.2) is 43.5 Å². The van der Waals surface area contributed by atoms with Crippen LogP contribution in [0.4, 0.5) is 11.4 Å². The zero-order valence-electron chi connectivity index (χ0n) is 17.0. The summed E-state index contributed by atoms with van der Waals surface area (Å²) in [5.74, 6) is 0.891. The molecule has 1 unspecified atom stereocenters. The van der Waals surface area contributed by atoms with Crippen LogP contribution in [0.3, 0.4) is 0 Å². The van der Waals surface area contributed by atoms with Gasteiger partial charge in [-0.05, 0) is 67.3 Å². The van der Waals surface area contributed by atoms with Crippen molar-refractivity contribution in [2.24, 2.45) is 0 Å². The van der Waals surface area contributed by atoms with Gasteiger partial charge in [0.2, 0.25) is 11.8 Å².